The number of hydrogen-bond acceptors (Lipinski definition) is 5. The van der Waals surface area contributed by atoms with Crippen molar-refractivity contribution in [2.45, 2.75) is 44.6 Å². The van der Waals surface area contributed by atoms with Gasteiger partial charge in [-0.3, -0.25) is 14.4 Å². The van der Waals surface area contributed by atoms with E-state index in [-0.39, 0.29) is 11.9 Å². The van der Waals surface area contributed by atoms with Gasteiger partial charge in [-0.1, -0.05) is 5.16 Å². The lowest BCUT2D eigenvalue weighted by Crippen LogP contribution is -2.42. The molecule has 0 bridgehead atoms. The second-order valence-electron chi connectivity index (χ2n) is 7.56. The van der Waals surface area contributed by atoms with Gasteiger partial charge in [-0.25, -0.2) is 0 Å². The van der Waals surface area contributed by atoms with Gasteiger partial charge in [-0.05, 0) is 57.7 Å². The number of amides is 1. The molecular weight excluding hydrogens is 330 g/mol. The predicted octanol–water partition coefficient (Wildman–Crippen LogP) is 2.10. The lowest BCUT2D eigenvalue weighted by Gasteiger charge is -2.39. The average molecular weight is 357 g/mol. The standard InChI is InChI=1S/C19H27N5O2/c1-23-11-5-6-13(18(23)15-9-10-21-24(15)2)12-20-19(25)17-14-7-3-4-8-16(14)26-22-17/h9-10,13,18H,3-8,11-12H2,1-2H3,(H,20,25)/t13-,18+/m0/s1. The Labute approximate surface area is 153 Å². The van der Waals surface area contributed by atoms with Gasteiger partial charge in [0.2, 0.25) is 0 Å². The molecule has 3 heterocycles. The highest BCUT2D eigenvalue weighted by atomic mass is 16.5. The van der Waals surface area contributed by atoms with E-state index in [1.165, 1.54) is 5.69 Å². The summed E-state index contributed by atoms with van der Waals surface area (Å²) in [6, 6.07) is 2.35. The van der Waals surface area contributed by atoms with Crippen LogP contribution in [-0.2, 0) is 19.9 Å². The highest BCUT2D eigenvalue weighted by molar-refractivity contribution is 5.93. The van der Waals surface area contributed by atoms with Crippen LogP contribution in [-0.4, -0.2) is 45.9 Å². The quantitative estimate of drug-likeness (QED) is 0.907. The van der Waals surface area contributed by atoms with Gasteiger partial charge in [-0.2, -0.15) is 5.10 Å². The number of carbonyl (C=O) groups excluding carboxylic acids is 1. The van der Waals surface area contributed by atoms with Crippen molar-refractivity contribution in [2.75, 3.05) is 20.1 Å². The van der Waals surface area contributed by atoms with Gasteiger partial charge in [-0.15, -0.1) is 0 Å². The predicted molar refractivity (Wildman–Crippen MR) is 96.8 cm³/mol. The molecule has 0 radical (unpaired) electrons. The number of nitrogens with one attached hydrogen (secondary N) is 1. The molecule has 1 N–H and O–H groups in total. The molecule has 1 fully saturated rings. The number of aryl methyl sites for hydroxylation is 2. The molecular formula is C19H27N5O2. The zero-order valence-corrected chi connectivity index (χ0v) is 15.6. The van der Waals surface area contributed by atoms with E-state index >= 15 is 0 Å². The minimum absolute atomic E-state index is 0.103. The van der Waals surface area contributed by atoms with Crippen LogP contribution >= 0.6 is 0 Å². The molecule has 2 aliphatic rings. The summed E-state index contributed by atoms with van der Waals surface area (Å²) in [6.07, 6.45) is 8.09. The van der Waals surface area contributed by atoms with E-state index in [0.717, 1.165) is 56.4 Å². The van der Waals surface area contributed by atoms with Crippen molar-refractivity contribution in [3.05, 3.63) is 35.0 Å². The third-order valence-corrected chi connectivity index (χ3v) is 5.86. The first-order valence-electron chi connectivity index (χ1n) is 9.59. The number of hydrogen-bond donors (Lipinski definition) is 1. The van der Waals surface area contributed by atoms with Crippen LogP contribution in [0.5, 0.6) is 0 Å². The Morgan fingerprint density at radius 3 is 2.96 bits per heavy atom. The van der Waals surface area contributed by atoms with Gasteiger partial charge < -0.3 is 9.84 Å². The number of aromatic nitrogens is 3. The largest absolute Gasteiger partial charge is 0.360 e. The maximum atomic E-state index is 12.7. The number of nitrogens with zero attached hydrogens (tertiary/aromatic N) is 4. The molecule has 140 valence electrons. The molecule has 1 amide bonds. The molecule has 7 nitrogen and oxygen atoms in total. The SMILES string of the molecule is CN1CCC[C@@H](CNC(=O)c2noc3c2CCCC3)[C@@H]1c1ccnn1C. The van der Waals surface area contributed by atoms with E-state index in [2.05, 4.69) is 33.6 Å². The van der Waals surface area contributed by atoms with Crippen LogP contribution in [0.15, 0.2) is 16.8 Å². The molecule has 1 saturated heterocycles. The maximum Gasteiger partial charge on any atom is 0.273 e. The van der Waals surface area contributed by atoms with Crippen LogP contribution in [0.4, 0.5) is 0 Å². The third kappa shape index (κ3) is 3.16. The summed E-state index contributed by atoms with van der Waals surface area (Å²) >= 11 is 0. The molecule has 1 aliphatic heterocycles. The highest BCUT2D eigenvalue weighted by Gasteiger charge is 2.33. The summed E-state index contributed by atoms with van der Waals surface area (Å²) < 4.78 is 7.32. The number of fused-ring (bicyclic) bond motifs is 1. The fraction of sp³-hybridized carbons (Fsp3) is 0.632. The second kappa shape index (κ2) is 7.23. The molecule has 2 aromatic heterocycles. The van der Waals surface area contributed by atoms with Crippen molar-refractivity contribution in [1.82, 2.24) is 25.2 Å². The molecule has 0 spiro atoms. The van der Waals surface area contributed by atoms with Gasteiger partial charge in [0.05, 0.1) is 11.7 Å². The molecule has 0 unspecified atom stereocenters. The Balaban J connectivity index is 1.46. The fourth-order valence-corrected chi connectivity index (χ4v) is 4.49. The van der Waals surface area contributed by atoms with Crippen molar-refractivity contribution in [2.24, 2.45) is 13.0 Å². The van der Waals surface area contributed by atoms with Crippen LogP contribution < -0.4 is 5.32 Å². The van der Waals surface area contributed by atoms with Crippen molar-refractivity contribution < 1.29 is 9.32 Å². The Morgan fingerprint density at radius 1 is 1.31 bits per heavy atom. The lowest BCUT2D eigenvalue weighted by atomic mass is 9.87. The maximum absolute atomic E-state index is 12.7. The number of carbonyl (C=O) groups is 1. The number of likely N-dealkylation sites (tertiary alicyclic amines) is 1. The molecule has 4 rings (SSSR count). The van der Waals surface area contributed by atoms with Gasteiger partial charge in [0.15, 0.2) is 5.69 Å². The van der Waals surface area contributed by atoms with Gasteiger partial charge in [0.25, 0.3) is 5.91 Å². The molecule has 0 saturated carbocycles. The first-order valence-corrected chi connectivity index (χ1v) is 9.59. The van der Waals surface area contributed by atoms with Gasteiger partial charge >= 0.3 is 0 Å². The minimum atomic E-state index is -0.103. The van der Waals surface area contributed by atoms with Crippen molar-refractivity contribution in [3.8, 4) is 0 Å². The number of rotatable bonds is 4. The van der Waals surface area contributed by atoms with E-state index in [4.69, 9.17) is 4.52 Å². The van der Waals surface area contributed by atoms with Gasteiger partial charge in [0, 0.05) is 31.8 Å². The van der Waals surface area contributed by atoms with Crippen molar-refractivity contribution in [3.63, 3.8) is 0 Å². The molecule has 26 heavy (non-hydrogen) atoms. The van der Waals surface area contributed by atoms with E-state index < -0.39 is 0 Å². The van der Waals surface area contributed by atoms with Gasteiger partial charge in [0.1, 0.15) is 5.76 Å². The van der Waals surface area contributed by atoms with Crippen LogP contribution in [0.1, 0.15) is 59.2 Å². The van der Waals surface area contributed by atoms with E-state index in [0.29, 0.717) is 18.2 Å². The van der Waals surface area contributed by atoms with Crippen LogP contribution in [0.2, 0.25) is 0 Å². The van der Waals surface area contributed by atoms with Crippen LogP contribution in [0.25, 0.3) is 0 Å². The molecule has 7 heteroatoms. The summed E-state index contributed by atoms with van der Waals surface area (Å²) in [5.41, 5.74) is 2.70. The summed E-state index contributed by atoms with van der Waals surface area (Å²) in [5, 5.41) is 11.5. The summed E-state index contributed by atoms with van der Waals surface area (Å²) in [7, 11) is 4.13. The summed E-state index contributed by atoms with van der Waals surface area (Å²) in [5.74, 6) is 1.15. The lowest BCUT2D eigenvalue weighted by molar-refractivity contribution is 0.0872. The topological polar surface area (TPSA) is 76.2 Å². The van der Waals surface area contributed by atoms with E-state index in [1.807, 2.05) is 17.9 Å². The number of piperidine rings is 1. The van der Waals surface area contributed by atoms with Crippen molar-refractivity contribution >= 4 is 5.91 Å². The van der Waals surface area contributed by atoms with Crippen molar-refractivity contribution in [1.29, 1.82) is 0 Å². The average Bonchev–Trinajstić information content (AvgIpc) is 3.26. The Morgan fingerprint density at radius 2 is 2.15 bits per heavy atom. The Kier molecular flexibility index (Phi) is 4.80. The second-order valence-corrected chi connectivity index (χ2v) is 7.56. The van der Waals surface area contributed by atoms with Crippen LogP contribution in [0.3, 0.4) is 0 Å². The first-order chi connectivity index (χ1) is 12.6. The third-order valence-electron chi connectivity index (χ3n) is 5.86. The highest BCUT2D eigenvalue weighted by Crippen LogP contribution is 2.34. The Hall–Kier alpha value is -2.15. The normalized spacial score (nSPS) is 23.6. The molecule has 2 aromatic rings. The summed E-state index contributed by atoms with van der Waals surface area (Å²) in [4.78, 5) is 15.1. The smallest absolute Gasteiger partial charge is 0.273 e. The van der Waals surface area contributed by atoms with E-state index in [1.54, 1.807) is 0 Å². The minimum Gasteiger partial charge on any atom is -0.360 e. The molecule has 2 atom stereocenters. The first kappa shape index (κ1) is 17.3. The molecule has 1 aliphatic carbocycles. The zero-order valence-electron chi connectivity index (χ0n) is 15.6. The fourth-order valence-electron chi connectivity index (χ4n) is 4.49. The van der Waals surface area contributed by atoms with Crippen LogP contribution in [0, 0.1) is 5.92 Å². The monoisotopic (exact) mass is 357 g/mol. The molecule has 0 aromatic carbocycles. The Bertz CT molecular complexity index is 781. The summed E-state index contributed by atoms with van der Waals surface area (Å²) in [6.45, 7) is 1.71. The zero-order chi connectivity index (χ0) is 18.1. The van der Waals surface area contributed by atoms with E-state index in [9.17, 15) is 4.79 Å².